The summed E-state index contributed by atoms with van der Waals surface area (Å²) in [5.74, 6) is 0.794. The van der Waals surface area contributed by atoms with Crippen molar-refractivity contribution in [2.75, 3.05) is 13.1 Å². The van der Waals surface area contributed by atoms with Gasteiger partial charge in [0.25, 0.3) is 0 Å². The lowest BCUT2D eigenvalue weighted by molar-refractivity contribution is -0.0499. The zero-order chi connectivity index (χ0) is 14.3. The van der Waals surface area contributed by atoms with Crippen molar-refractivity contribution >= 4 is 6.08 Å². The van der Waals surface area contributed by atoms with Crippen LogP contribution < -0.4 is 10.1 Å². The van der Waals surface area contributed by atoms with Crippen molar-refractivity contribution in [3.05, 3.63) is 35.4 Å². The smallest absolute Gasteiger partial charge is 0.387 e. The minimum atomic E-state index is -2.80. The molecule has 1 rings (SSSR count). The molecular formula is C15H21F2NO. The lowest BCUT2D eigenvalue weighted by atomic mass is 10.1. The summed E-state index contributed by atoms with van der Waals surface area (Å²) in [5.41, 5.74) is 1.75. The van der Waals surface area contributed by atoms with E-state index in [0.717, 1.165) is 18.7 Å². The highest BCUT2D eigenvalue weighted by atomic mass is 19.3. The van der Waals surface area contributed by atoms with Crippen LogP contribution in [0.5, 0.6) is 5.75 Å². The van der Waals surface area contributed by atoms with Crippen LogP contribution in [-0.2, 0) is 0 Å². The Morgan fingerprint density at radius 1 is 1.32 bits per heavy atom. The van der Waals surface area contributed by atoms with Gasteiger partial charge in [-0.25, -0.2) is 0 Å². The van der Waals surface area contributed by atoms with E-state index in [1.165, 1.54) is 0 Å². The first-order chi connectivity index (χ1) is 8.99. The highest BCUT2D eigenvalue weighted by molar-refractivity contribution is 5.59. The zero-order valence-electron chi connectivity index (χ0n) is 11.6. The molecule has 0 aliphatic heterocycles. The van der Waals surface area contributed by atoms with Gasteiger partial charge in [-0.3, -0.25) is 0 Å². The highest BCUT2D eigenvalue weighted by Gasteiger charge is 2.07. The molecule has 0 spiro atoms. The van der Waals surface area contributed by atoms with Crippen molar-refractivity contribution in [1.29, 1.82) is 0 Å². The summed E-state index contributed by atoms with van der Waals surface area (Å²) < 4.78 is 29.0. The second-order valence-corrected chi connectivity index (χ2v) is 4.93. The van der Waals surface area contributed by atoms with Gasteiger partial charge >= 0.3 is 6.61 Å². The average molecular weight is 269 g/mol. The normalized spacial score (nSPS) is 12.3. The standard InChI is InChI=1S/C15H21F2NO/c1-11(2)9-18-10-12(3)8-13-6-4-5-7-14(13)19-15(16)17/h4-8,11,15,18H,9-10H2,1-3H3. The Balaban J connectivity index is 2.68. The molecule has 0 aliphatic carbocycles. The van der Waals surface area contributed by atoms with E-state index in [2.05, 4.69) is 23.9 Å². The van der Waals surface area contributed by atoms with E-state index >= 15 is 0 Å². The first-order valence-electron chi connectivity index (χ1n) is 6.40. The number of halogens is 2. The molecule has 19 heavy (non-hydrogen) atoms. The van der Waals surface area contributed by atoms with E-state index < -0.39 is 6.61 Å². The third-order valence-electron chi connectivity index (χ3n) is 2.49. The Morgan fingerprint density at radius 2 is 2.00 bits per heavy atom. The van der Waals surface area contributed by atoms with Gasteiger partial charge in [0.05, 0.1) is 0 Å². The quantitative estimate of drug-likeness (QED) is 0.809. The molecule has 0 aliphatic rings. The predicted molar refractivity (Wildman–Crippen MR) is 74.4 cm³/mol. The lowest BCUT2D eigenvalue weighted by Gasteiger charge is -2.10. The zero-order valence-corrected chi connectivity index (χ0v) is 11.6. The van der Waals surface area contributed by atoms with Gasteiger partial charge in [-0.2, -0.15) is 8.78 Å². The van der Waals surface area contributed by atoms with E-state index in [1.54, 1.807) is 24.3 Å². The molecule has 0 saturated heterocycles. The molecule has 1 N–H and O–H groups in total. The fourth-order valence-corrected chi connectivity index (χ4v) is 1.68. The van der Waals surface area contributed by atoms with E-state index in [1.807, 2.05) is 13.0 Å². The number of benzene rings is 1. The van der Waals surface area contributed by atoms with Gasteiger partial charge in [-0.05, 0) is 25.5 Å². The Morgan fingerprint density at radius 3 is 2.63 bits per heavy atom. The summed E-state index contributed by atoms with van der Waals surface area (Å²) >= 11 is 0. The van der Waals surface area contributed by atoms with Gasteiger partial charge in [0, 0.05) is 12.1 Å². The van der Waals surface area contributed by atoms with Crippen LogP contribution in [0.1, 0.15) is 26.3 Å². The maximum Gasteiger partial charge on any atom is 0.387 e. The highest BCUT2D eigenvalue weighted by Crippen LogP contribution is 2.22. The molecule has 1 aromatic rings. The molecule has 0 radical (unpaired) electrons. The van der Waals surface area contributed by atoms with Crippen LogP contribution in [0, 0.1) is 5.92 Å². The van der Waals surface area contributed by atoms with Gasteiger partial charge < -0.3 is 10.1 Å². The van der Waals surface area contributed by atoms with Gasteiger partial charge in [-0.1, -0.05) is 43.7 Å². The van der Waals surface area contributed by atoms with Crippen LogP contribution in [-0.4, -0.2) is 19.7 Å². The molecule has 1 aromatic carbocycles. The van der Waals surface area contributed by atoms with E-state index in [-0.39, 0.29) is 5.75 Å². The third-order valence-corrected chi connectivity index (χ3v) is 2.49. The van der Waals surface area contributed by atoms with Crippen LogP contribution in [0.15, 0.2) is 29.8 Å². The fraction of sp³-hybridized carbons (Fsp3) is 0.467. The summed E-state index contributed by atoms with van der Waals surface area (Å²) in [6, 6.07) is 6.80. The summed E-state index contributed by atoms with van der Waals surface area (Å²) in [6.07, 6.45) is 1.87. The summed E-state index contributed by atoms with van der Waals surface area (Å²) in [7, 11) is 0. The molecule has 0 bridgehead atoms. The number of ether oxygens (including phenoxy) is 1. The Labute approximate surface area is 113 Å². The number of nitrogens with one attached hydrogen (secondary N) is 1. The minimum absolute atomic E-state index is 0.209. The Hall–Kier alpha value is -1.42. The molecule has 0 amide bonds. The van der Waals surface area contributed by atoms with Crippen molar-refractivity contribution in [1.82, 2.24) is 5.32 Å². The first kappa shape index (κ1) is 15.6. The molecule has 0 unspecified atom stereocenters. The molecular weight excluding hydrogens is 248 g/mol. The maximum atomic E-state index is 12.3. The maximum absolute atomic E-state index is 12.3. The van der Waals surface area contributed by atoms with Gasteiger partial charge in [0.1, 0.15) is 5.75 Å². The van der Waals surface area contributed by atoms with Gasteiger partial charge in [-0.15, -0.1) is 0 Å². The molecule has 106 valence electrons. The molecule has 0 saturated carbocycles. The third kappa shape index (κ3) is 6.34. The van der Waals surface area contributed by atoms with Crippen LogP contribution in [0.25, 0.3) is 6.08 Å². The molecule has 0 atom stereocenters. The topological polar surface area (TPSA) is 21.3 Å². The number of hydrogen-bond donors (Lipinski definition) is 1. The molecule has 2 nitrogen and oxygen atoms in total. The monoisotopic (exact) mass is 269 g/mol. The van der Waals surface area contributed by atoms with Crippen molar-refractivity contribution in [3.63, 3.8) is 0 Å². The van der Waals surface area contributed by atoms with Crippen LogP contribution in [0.4, 0.5) is 8.78 Å². The van der Waals surface area contributed by atoms with E-state index in [0.29, 0.717) is 11.5 Å². The second kappa shape index (κ2) is 7.89. The van der Waals surface area contributed by atoms with Crippen molar-refractivity contribution < 1.29 is 13.5 Å². The SMILES string of the molecule is CC(=Cc1ccccc1OC(F)F)CNCC(C)C. The molecule has 0 heterocycles. The first-order valence-corrected chi connectivity index (χ1v) is 6.40. The molecule has 0 aromatic heterocycles. The van der Waals surface area contributed by atoms with Crippen molar-refractivity contribution in [3.8, 4) is 5.75 Å². The molecule has 0 fully saturated rings. The summed E-state index contributed by atoms with van der Waals surface area (Å²) in [6.45, 7) is 5.11. The van der Waals surface area contributed by atoms with Crippen LogP contribution >= 0.6 is 0 Å². The van der Waals surface area contributed by atoms with Crippen LogP contribution in [0.2, 0.25) is 0 Å². The average Bonchev–Trinajstić information content (AvgIpc) is 2.30. The predicted octanol–water partition coefficient (Wildman–Crippen LogP) is 3.94. The summed E-state index contributed by atoms with van der Waals surface area (Å²) in [5, 5.41) is 3.31. The number of rotatable bonds is 7. The number of hydrogen-bond acceptors (Lipinski definition) is 2. The second-order valence-electron chi connectivity index (χ2n) is 4.93. The van der Waals surface area contributed by atoms with E-state index in [4.69, 9.17) is 0 Å². The van der Waals surface area contributed by atoms with Gasteiger partial charge in [0.2, 0.25) is 0 Å². The fourth-order valence-electron chi connectivity index (χ4n) is 1.68. The molecule has 4 heteroatoms. The van der Waals surface area contributed by atoms with Crippen molar-refractivity contribution in [2.45, 2.75) is 27.4 Å². The lowest BCUT2D eigenvalue weighted by Crippen LogP contribution is -2.21. The number of alkyl halides is 2. The summed E-state index contributed by atoms with van der Waals surface area (Å²) in [4.78, 5) is 0. The largest absolute Gasteiger partial charge is 0.434 e. The van der Waals surface area contributed by atoms with Crippen molar-refractivity contribution in [2.24, 2.45) is 5.92 Å². The number of para-hydroxylation sites is 1. The van der Waals surface area contributed by atoms with Crippen LogP contribution in [0.3, 0.4) is 0 Å². The Bertz CT molecular complexity index is 416. The minimum Gasteiger partial charge on any atom is -0.434 e. The van der Waals surface area contributed by atoms with Gasteiger partial charge in [0.15, 0.2) is 0 Å². The van der Waals surface area contributed by atoms with E-state index in [9.17, 15) is 8.78 Å². The Kier molecular flexibility index (Phi) is 6.50.